The predicted molar refractivity (Wildman–Crippen MR) is 89.4 cm³/mol. The van der Waals surface area contributed by atoms with Crippen molar-refractivity contribution in [2.24, 2.45) is 0 Å². The molecule has 0 aliphatic heterocycles. The zero-order valence-corrected chi connectivity index (χ0v) is 13.2. The van der Waals surface area contributed by atoms with Crippen LogP contribution in [-0.4, -0.2) is 10.5 Å². The van der Waals surface area contributed by atoms with Gasteiger partial charge in [0.1, 0.15) is 6.54 Å². The number of anilines is 1. The highest BCUT2D eigenvalue weighted by molar-refractivity contribution is 9.10. The van der Waals surface area contributed by atoms with Gasteiger partial charge >= 0.3 is 0 Å². The fourth-order valence-corrected chi connectivity index (χ4v) is 2.72. The van der Waals surface area contributed by atoms with Gasteiger partial charge in [-0.05, 0) is 58.1 Å². The maximum absolute atomic E-state index is 12.2. The Morgan fingerprint density at radius 1 is 1.19 bits per heavy atom. The molecule has 0 aliphatic carbocycles. The highest BCUT2D eigenvalue weighted by Gasteiger charge is 2.08. The molecule has 0 bridgehead atoms. The van der Waals surface area contributed by atoms with Gasteiger partial charge in [-0.2, -0.15) is 0 Å². The molecule has 3 nitrogen and oxygen atoms in total. The molecular weight excluding hydrogens is 328 g/mol. The van der Waals surface area contributed by atoms with Crippen molar-refractivity contribution < 1.29 is 4.79 Å². The van der Waals surface area contributed by atoms with Crippen LogP contribution in [0.3, 0.4) is 0 Å². The number of aromatic nitrogens is 1. The Morgan fingerprint density at radius 3 is 2.81 bits per heavy atom. The number of nitrogens with zero attached hydrogens (tertiary/aromatic N) is 1. The van der Waals surface area contributed by atoms with Crippen LogP contribution >= 0.6 is 15.9 Å². The fraction of sp³-hybridized carbons (Fsp3) is 0.118. The number of carbonyl (C=O) groups is 1. The van der Waals surface area contributed by atoms with E-state index in [1.165, 1.54) is 5.56 Å². The standard InChI is InChI=1S/C17H15BrN2O/c1-12-6-7-13-8-9-20(16(13)10-12)11-17(21)19-15-5-3-2-4-14(15)18/h2-10H,11H2,1H3,(H,19,21). The molecule has 0 radical (unpaired) electrons. The zero-order chi connectivity index (χ0) is 14.8. The first kappa shape index (κ1) is 13.9. The quantitative estimate of drug-likeness (QED) is 0.754. The summed E-state index contributed by atoms with van der Waals surface area (Å²) in [6.07, 6.45) is 1.95. The first-order chi connectivity index (χ1) is 10.1. The molecule has 21 heavy (non-hydrogen) atoms. The van der Waals surface area contributed by atoms with E-state index in [9.17, 15) is 4.79 Å². The first-order valence-corrected chi connectivity index (χ1v) is 7.53. The molecule has 0 fully saturated rings. The van der Waals surface area contributed by atoms with E-state index in [2.05, 4.69) is 46.4 Å². The largest absolute Gasteiger partial charge is 0.338 e. The number of para-hydroxylation sites is 1. The van der Waals surface area contributed by atoms with Crippen LogP contribution in [0.15, 0.2) is 59.2 Å². The second-order valence-electron chi connectivity index (χ2n) is 5.03. The number of nitrogens with one attached hydrogen (secondary N) is 1. The van der Waals surface area contributed by atoms with E-state index in [1.807, 2.05) is 41.1 Å². The number of hydrogen-bond donors (Lipinski definition) is 1. The number of hydrogen-bond acceptors (Lipinski definition) is 1. The minimum absolute atomic E-state index is 0.0408. The third-order valence-electron chi connectivity index (χ3n) is 3.39. The second-order valence-corrected chi connectivity index (χ2v) is 5.89. The van der Waals surface area contributed by atoms with Crippen molar-refractivity contribution in [3.05, 3.63) is 64.8 Å². The Labute approximate surface area is 131 Å². The third-order valence-corrected chi connectivity index (χ3v) is 4.08. The van der Waals surface area contributed by atoms with Gasteiger partial charge in [-0.25, -0.2) is 0 Å². The summed E-state index contributed by atoms with van der Waals surface area (Å²) >= 11 is 3.43. The number of carbonyl (C=O) groups excluding carboxylic acids is 1. The topological polar surface area (TPSA) is 34.0 Å². The normalized spacial score (nSPS) is 10.8. The lowest BCUT2D eigenvalue weighted by molar-refractivity contribution is -0.116. The van der Waals surface area contributed by atoms with Crippen LogP contribution in [0.25, 0.3) is 10.9 Å². The van der Waals surface area contributed by atoms with Gasteiger partial charge < -0.3 is 9.88 Å². The maximum atomic E-state index is 12.2. The Hall–Kier alpha value is -2.07. The molecule has 0 spiro atoms. The van der Waals surface area contributed by atoms with Gasteiger partial charge in [-0.3, -0.25) is 4.79 Å². The second kappa shape index (κ2) is 5.74. The molecule has 106 valence electrons. The number of fused-ring (bicyclic) bond motifs is 1. The molecule has 0 saturated heterocycles. The smallest absolute Gasteiger partial charge is 0.244 e. The highest BCUT2D eigenvalue weighted by atomic mass is 79.9. The van der Waals surface area contributed by atoms with Crippen LogP contribution in [0.4, 0.5) is 5.69 Å². The molecule has 2 aromatic carbocycles. The fourth-order valence-electron chi connectivity index (χ4n) is 2.34. The molecular formula is C17H15BrN2O. The monoisotopic (exact) mass is 342 g/mol. The lowest BCUT2D eigenvalue weighted by Crippen LogP contribution is -2.18. The predicted octanol–water partition coefficient (Wildman–Crippen LogP) is 4.35. The van der Waals surface area contributed by atoms with Crippen LogP contribution in [0.2, 0.25) is 0 Å². The van der Waals surface area contributed by atoms with Crippen LogP contribution in [0, 0.1) is 6.92 Å². The number of rotatable bonds is 3. The minimum atomic E-state index is -0.0408. The van der Waals surface area contributed by atoms with Crippen molar-refractivity contribution in [1.29, 1.82) is 0 Å². The first-order valence-electron chi connectivity index (χ1n) is 6.73. The average Bonchev–Trinajstić information content (AvgIpc) is 2.84. The molecule has 4 heteroatoms. The summed E-state index contributed by atoms with van der Waals surface area (Å²) in [7, 11) is 0. The van der Waals surface area contributed by atoms with Gasteiger partial charge in [-0.1, -0.05) is 24.3 Å². The van der Waals surface area contributed by atoms with Gasteiger partial charge in [0.05, 0.1) is 5.69 Å². The lowest BCUT2D eigenvalue weighted by atomic mass is 10.2. The van der Waals surface area contributed by atoms with E-state index in [0.717, 1.165) is 21.1 Å². The third kappa shape index (κ3) is 3.00. The van der Waals surface area contributed by atoms with Crippen LogP contribution in [0.5, 0.6) is 0 Å². The van der Waals surface area contributed by atoms with E-state index in [-0.39, 0.29) is 5.91 Å². The molecule has 1 N–H and O–H groups in total. The summed E-state index contributed by atoms with van der Waals surface area (Å²) in [5.41, 5.74) is 3.06. The Bertz CT molecular complexity index is 807. The average molecular weight is 343 g/mol. The molecule has 1 amide bonds. The van der Waals surface area contributed by atoms with E-state index >= 15 is 0 Å². The lowest BCUT2D eigenvalue weighted by Gasteiger charge is -2.09. The van der Waals surface area contributed by atoms with E-state index in [1.54, 1.807) is 0 Å². The summed E-state index contributed by atoms with van der Waals surface area (Å²) in [6.45, 7) is 2.35. The van der Waals surface area contributed by atoms with Crippen LogP contribution in [0.1, 0.15) is 5.56 Å². The maximum Gasteiger partial charge on any atom is 0.244 e. The summed E-state index contributed by atoms with van der Waals surface area (Å²) in [5, 5.41) is 4.07. The highest BCUT2D eigenvalue weighted by Crippen LogP contribution is 2.22. The number of benzene rings is 2. The summed E-state index contributed by atoms with van der Waals surface area (Å²) in [6, 6.07) is 15.9. The molecule has 0 unspecified atom stereocenters. The molecule has 0 aliphatic rings. The number of halogens is 1. The van der Waals surface area contributed by atoms with Crippen molar-refractivity contribution >= 4 is 38.4 Å². The van der Waals surface area contributed by atoms with Gasteiger partial charge in [-0.15, -0.1) is 0 Å². The summed E-state index contributed by atoms with van der Waals surface area (Å²) < 4.78 is 2.85. The van der Waals surface area contributed by atoms with Gasteiger partial charge in [0, 0.05) is 16.2 Å². The van der Waals surface area contributed by atoms with E-state index in [0.29, 0.717) is 6.54 Å². The number of aryl methyl sites for hydroxylation is 1. The number of amides is 1. The van der Waals surface area contributed by atoms with Crippen LogP contribution < -0.4 is 5.32 Å². The Kier molecular flexibility index (Phi) is 3.80. The van der Waals surface area contributed by atoms with Crippen molar-refractivity contribution in [3.63, 3.8) is 0 Å². The summed E-state index contributed by atoms with van der Waals surface area (Å²) in [5.74, 6) is -0.0408. The SMILES string of the molecule is Cc1ccc2ccn(CC(=O)Nc3ccccc3Br)c2c1. The van der Waals surface area contributed by atoms with Gasteiger partial charge in [0.25, 0.3) is 0 Å². The summed E-state index contributed by atoms with van der Waals surface area (Å²) in [4.78, 5) is 12.2. The molecule has 1 heterocycles. The molecule has 0 saturated carbocycles. The Balaban J connectivity index is 1.80. The van der Waals surface area contributed by atoms with Gasteiger partial charge in [0.15, 0.2) is 0 Å². The van der Waals surface area contributed by atoms with E-state index in [4.69, 9.17) is 0 Å². The molecule has 3 rings (SSSR count). The van der Waals surface area contributed by atoms with E-state index < -0.39 is 0 Å². The molecule has 0 atom stereocenters. The zero-order valence-electron chi connectivity index (χ0n) is 11.6. The van der Waals surface area contributed by atoms with Gasteiger partial charge in [0.2, 0.25) is 5.91 Å². The Morgan fingerprint density at radius 2 is 2.00 bits per heavy atom. The molecule has 3 aromatic rings. The van der Waals surface area contributed by atoms with Crippen molar-refractivity contribution in [1.82, 2.24) is 4.57 Å². The van der Waals surface area contributed by atoms with Crippen molar-refractivity contribution in [3.8, 4) is 0 Å². The van der Waals surface area contributed by atoms with Crippen molar-refractivity contribution in [2.75, 3.05) is 5.32 Å². The molecule has 1 aromatic heterocycles. The van der Waals surface area contributed by atoms with Crippen LogP contribution in [-0.2, 0) is 11.3 Å². The van der Waals surface area contributed by atoms with Crippen molar-refractivity contribution in [2.45, 2.75) is 13.5 Å². The minimum Gasteiger partial charge on any atom is -0.338 e.